The van der Waals surface area contributed by atoms with Gasteiger partial charge in [-0.15, -0.1) is 0 Å². The number of imide groups is 2. The number of anilines is 1. The van der Waals surface area contributed by atoms with Crippen LogP contribution in [0, 0.1) is 41.9 Å². The number of carbonyl (C=O) groups is 5. The van der Waals surface area contributed by atoms with Crippen molar-refractivity contribution in [2.24, 2.45) is 16.7 Å². The van der Waals surface area contributed by atoms with Gasteiger partial charge >= 0.3 is 0 Å². The van der Waals surface area contributed by atoms with Crippen LogP contribution in [0.3, 0.4) is 0 Å². The molecule has 8 rings (SSSR count). The lowest BCUT2D eigenvalue weighted by Gasteiger charge is -2.63. The summed E-state index contributed by atoms with van der Waals surface area (Å²) in [5, 5.41) is 15.1. The summed E-state index contributed by atoms with van der Waals surface area (Å²) >= 11 is 0. The predicted molar refractivity (Wildman–Crippen MR) is 233 cm³/mol. The van der Waals surface area contributed by atoms with Gasteiger partial charge in [-0.3, -0.25) is 39.1 Å². The summed E-state index contributed by atoms with van der Waals surface area (Å²) in [6, 6.07) is 18.1. The molecule has 5 aliphatic rings. The molecule has 62 heavy (non-hydrogen) atoms. The van der Waals surface area contributed by atoms with Crippen LogP contribution >= 0.6 is 0 Å². The van der Waals surface area contributed by atoms with E-state index in [1.54, 1.807) is 18.2 Å². The average molecular weight is 843 g/mol. The monoisotopic (exact) mass is 842 g/mol. The molecule has 13 nitrogen and oxygen atoms in total. The van der Waals surface area contributed by atoms with E-state index in [1.165, 1.54) is 0 Å². The molecule has 4 aliphatic heterocycles. The summed E-state index contributed by atoms with van der Waals surface area (Å²) in [7, 11) is 0. The van der Waals surface area contributed by atoms with Crippen molar-refractivity contribution in [2.75, 3.05) is 37.7 Å². The normalized spacial score (nSPS) is 24.8. The minimum absolute atomic E-state index is 0.0751. The first-order valence-corrected chi connectivity index (χ1v) is 22.1. The maximum atomic E-state index is 13.6. The summed E-state index contributed by atoms with van der Waals surface area (Å²) in [6.45, 7) is 16.7. The SMILES string of the molecule is Cc1cc(OC2C(C)(C)C(NC(=O)c3ccc(N4CCC(CN5CCCC[C@@H]5COc5ccc6c(c5)C(=O)N(C5CCC(=O)NC5=O)C6=O)CC4)cc3)C2(C)C)cc(C)c1C#N. The van der Waals surface area contributed by atoms with E-state index in [0.717, 1.165) is 85.7 Å². The van der Waals surface area contributed by atoms with E-state index < -0.39 is 29.7 Å². The van der Waals surface area contributed by atoms with E-state index >= 15 is 0 Å². The van der Waals surface area contributed by atoms with Crippen LogP contribution in [0.4, 0.5) is 5.69 Å². The molecule has 2 atom stereocenters. The van der Waals surface area contributed by atoms with Crippen molar-refractivity contribution in [1.29, 1.82) is 5.26 Å². The van der Waals surface area contributed by atoms with Gasteiger partial charge in [0.25, 0.3) is 17.7 Å². The lowest BCUT2D eigenvalue weighted by atomic mass is 9.49. The number of aryl methyl sites for hydroxylation is 2. The van der Waals surface area contributed by atoms with Crippen molar-refractivity contribution in [2.45, 2.75) is 111 Å². The van der Waals surface area contributed by atoms with Gasteiger partial charge in [0.1, 0.15) is 30.3 Å². The quantitative estimate of drug-likeness (QED) is 0.209. The largest absolute Gasteiger partial charge is 0.492 e. The highest BCUT2D eigenvalue weighted by Crippen LogP contribution is 2.55. The molecule has 2 N–H and O–H groups in total. The Morgan fingerprint density at radius 3 is 2.18 bits per heavy atom. The maximum absolute atomic E-state index is 13.6. The van der Waals surface area contributed by atoms with Crippen LogP contribution in [0.2, 0.25) is 0 Å². The molecule has 326 valence electrons. The Morgan fingerprint density at radius 2 is 1.52 bits per heavy atom. The van der Waals surface area contributed by atoms with E-state index in [-0.39, 0.29) is 58.9 Å². The number of nitriles is 1. The maximum Gasteiger partial charge on any atom is 0.262 e. The Labute approximate surface area is 364 Å². The zero-order valence-electron chi connectivity index (χ0n) is 36.7. The Hall–Kier alpha value is -5.74. The minimum Gasteiger partial charge on any atom is -0.492 e. The first-order valence-electron chi connectivity index (χ1n) is 22.1. The number of benzene rings is 3. The molecule has 0 bridgehead atoms. The summed E-state index contributed by atoms with van der Waals surface area (Å²) < 4.78 is 12.8. The fourth-order valence-electron chi connectivity index (χ4n) is 11.1. The van der Waals surface area contributed by atoms with Crippen LogP contribution in [0.5, 0.6) is 11.5 Å². The third-order valence-corrected chi connectivity index (χ3v) is 14.2. The Morgan fingerprint density at radius 1 is 0.839 bits per heavy atom. The summed E-state index contributed by atoms with van der Waals surface area (Å²) in [5.74, 6) is -0.392. The molecule has 3 aromatic rings. The van der Waals surface area contributed by atoms with Gasteiger partial charge < -0.3 is 19.7 Å². The van der Waals surface area contributed by atoms with Crippen LogP contribution in [0.1, 0.15) is 120 Å². The second kappa shape index (κ2) is 16.9. The van der Waals surface area contributed by atoms with Crippen LogP contribution in [0.25, 0.3) is 0 Å². The van der Waals surface area contributed by atoms with Gasteiger partial charge in [-0.2, -0.15) is 5.26 Å². The summed E-state index contributed by atoms with van der Waals surface area (Å²) in [6.07, 6.45) is 5.47. The Balaban J connectivity index is 0.812. The van der Waals surface area contributed by atoms with Gasteiger partial charge in [-0.1, -0.05) is 34.1 Å². The zero-order chi connectivity index (χ0) is 44.1. The number of rotatable bonds is 11. The van der Waals surface area contributed by atoms with Gasteiger partial charge in [-0.05, 0) is 124 Å². The summed E-state index contributed by atoms with van der Waals surface area (Å²) in [5.41, 5.74) is 4.03. The number of hydrogen-bond acceptors (Lipinski definition) is 10. The highest BCUT2D eigenvalue weighted by atomic mass is 16.5. The van der Waals surface area contributed by atoms with E-state index in [1.807, 2.05) is 38.1 Å². The van der Waals surface area contributed by atoms with Crippen LogP contribution in [-0.2, 0) is 9.59 Å². The minimum atomic E-state index is -1.00. The molecule has 3 saturated heterocycles. The van der Waals surface area contributed by atoms with Crippen molar-refractivity contribution < 1.29 is 33.4 Å². The zero-order valence-corrected chi connectivity index (χ0v) is 36.7. The number of ether oxygens (including phenoxy) is 2. The van der Waals surface area contributed by atoms with Gasteiger partial charge in [0.2, 0.25) is 11.8 Å². The number of nitrogens with one attached hydrogen (secondary N) is 2. The van der Waals surface area contributed by atoms with E-state index in [9.17, 15) is 29.2 Å². The van der Waals surface area contributed by atoms with Gasteiger partial charge in [-0.25, -0.2) is 0 Å². The molecule has 4 heterocycles. The number of piperidine rings is 3. The van der Waals surface area contributed by atoms with Crippen LogP contribution in [0.15, 0.2) is 54.6 Å². The smallest absolute Gasteiger partial charge is 0.262 e. The van der Waals surface area contributed by atoms with Crippen molar-refractivity contribution in [3.8, 4) is 17.6 Å². The number of likely N-dealkylation sites (tertiary alicyclic amines) is 1. The fraction of sp³-hybridized carbons (Fsp3) is 0.510. The average Bonchev–Trinajstić information content (AvgIpc) is 3.49. The number of fused-ring (bicyclic) bond motifs is 1. The lowest BCUT2D eigenvalue weighted by Crippen LogP contribution is -2.74. The third-order valence-electron chi connectivity index (χ3n) is 14.2. The number of carbonyl (C=O) groups excluding carboxylic acids is 5. The number of hydrogen-bond donors (Lipinski definition) is 2. The number of nitrogens with zero attached hydrogens (tertiary/aromatic N) is 4. The van der Waals surface area contributed by atoms with E-state index in [4.69, 9.17) is 9.47 Å². The Kier molecular flexibility index (Phi) is 11.7. The molecule has 1 unspecified atom stereocenters. The third kappa shape index (κ3) is 8.05. The Bertz CT molecular complexity index is 2290. The molecule has 1 saturated carbocycles. The molecule has 4 fully saturated rings. The second-order valence-corrected chi connectivity index (χ2v) is 19.2. The predicted octanol–water partition coefficient (Wildman–Crippen LogP) is 6.34. The van der Waals surface area contributed by atoms with Crippen LogP contribution < -0.4 is 25.0 Å². The molecule has 0 radical (unpaired) electrons. The summed E-state index contributed by atoms with van der Waals surface area (Å²) in [4.78, 5) is 70.1. The first-order chi connectivity index (χ1) is 29.6. The highest BCUT2D eigenvalue weighted by molar-refractivity contribution is 6.23. The van der Waals surface area contributed by atoms with Crippen molar-refractivity contribution in [1.82, 2.24) is 20.4 Å². The molecular weight excluding hydrogens is 785 g/mol. The highest BCUT2D eigenvalue weighted by Gasteiger charge is 2.64. The second-order valence-electron chi connectivity index (χ2n) is 19.2. The van der Waals surface area contributed by atoms with Crippen LogP contribution in [-0.4, -0.2) is 96.4 Å². The van der Waals surface area contributed by atoms with Crippen molar-refractivity contribution >= 4 is 35.2 Å². The van der Waals surface area contributed by atoms with Gasteiger partial charge in [0, 0.05) is 60.2 Å². The van der Waals surface area contributed by atoms with Gasteiger partial charge in [0.15, 0.2) is 0 Å². The fourth-order valence-corrected chi connectivity index (χ4v) is 11.1. The molecule has 0 aromatic heterocycles. The molecule has 0 spiro atoms. The molecular formula is C49H58N6O7. The van der Waals surface area contributed by atoms with Crippen molar-refractivity contribution in [3.05, 3.63) is 88.0 Å². The standard InChI is InChI=1S/C49H58N6O7/c1-29-23-36(24-30(2)39(29)26-50)62-47-48(3,4)46(49(47,5)6)52-42(57)32-10-12-33(13-11-32)53-21-18-31(19-22-53)27-54-20-8-7-9-34(54)28-61-35-14-15-37-38(25-35)45(60)55(44(37)59)40-16-17-41(56)51-43(40)58/h10-15,23-25,31,34,40,46-47H,7-9,16-22,27-28H2,1-6H3,(H,52,57)(H,51,56,58)/t34-,40?,46?,47?/m1/s1. The lowest BCUT2D eigenvalue weighted by molar-refractivity contribution is -0.164. The van der Waals surface area contributed by atoms with E-state index in [0.29, 0.717) is 29.4 Å². The molecule has 5 amide bonds. The molecule has 1 aliphatic carbocycles. The van der Waals surface area contributed by atoms with E-state index in [2.05, 4.69) is 66.3 Å². The van der Waals surface area contributed by atoms with Crippen molar-refractivity contribution in [3.63, 3.8) is 0 Å². The first kappa shape index (κ1) is 42.9. The van der Waals surface area contributed by atoms with Gasteiger partial charge in [0.05, 0.1) is 22.8 Å². The molecule has 3 aromatic carbocycles. The topological polar surface area (TPSA) is 161 Å². The molecule has 13 heteroatoms. The number of amides is 5.